The Morgan fingerprint density at radius 2 is 2.26 bits per heavy atom. The van der Waals surface area contributed by atoms with E-state index in [9.17, 15) is 4.79 Å². The second-order valence-corrected chi connectivity index (χ2v) is 4.72. The highest BCUT2D eigenvalue weighted by atomic mass is 16.5. The summed E-state index contributed by atoms with van der Waals surface area (Å²) in [6.07, 6.45) is 5.33. The van der Waals surface area contributed by atoms with Crippen LogP contribution in [0.2, 0.25) is 0 Å². The first-order chi connectivity index (χ1) is 9.33. The fourth-order valence-corrected chi connectivity index (χ4v) is 2.36. The third kappa shape index (κ3) is 2.76. The van der Waals surface area contributed by atoms with Gasteiger partial charge in [-0.25, -0.2) is 9.89 Å². The fraction of sp³-hybridized carbons (Fsp3) is 0.583. The van der Waals surface area contributed by atoms with Crippen LogP contribution in [0.3, 0.4) is 0 Å². The summed E-state index contributed by atoms with van der Waals surface area (Å²) in [6.45, 7) is 1.34. The molecule has 2 aromatic rings. The van der Waals surface area contributed by atoms with Crippen molar-refractivity contribution in [3.63, 3.8) is 0 Å². The lowest BCUT2D eigenvalue weighted by molar-refractivity contribution is 0.0658. The summed E-state index contributed by atoms with van der Waals surface area (Å²) in [7, 11) is 0. The number of nitrogens with zero attached hydrogens (tertiary/aromatic N) is 3. The standard InChI is InChI=1S/C12H17N5O2/c18-12-15-14-11-6-5-10(16-17(11)12)13-7-8-19-9-3-1-2-4-9/h5-6,9H,1-4,7-8H2,(H,13,16)(H,15,18). The van der Waals surface area contributed by atoms with Gasteiger partial charge in [0.05, 0.1) is 12.7 Å². The van der Waals surface area contributed by atoms with Gasteiger partial charge in [0.2, 0.25) is 0 Å². The van der Waals surface area contributed by atoms with Crippen molar-refractivity contribution in [1.29, 1.82) is 0 Å². The van der Waals surface area contributed by atoms with Crippen molar-refractivity contribution in [2.45, 2.75) is 31.8 Å². The molecule has 0 unspecified atom stereocenters. The van der Waals surface area contributed by atoms with E-state index in [4.69, 9.17) is 4.74 Å². The van der Waals surface area contributed by atoms with Gasteiger partial charge in [0.25, 0.3) is 0 Å². The largest absolute Gasteiger partial charge is 0.376 e. The zero-order valence-electron chi connectivity index (χ0n) is 10.6. The molecule has 0 aromatic carbocycles. The molecular formula is C12H17N5O2. The van der Waals surface area contributed by atoms with Crippen LogP contribution in [0.5, 0.6) is 0 Å². The first-order valence-electron chi connectivity index (χ1n) is 6.63. The Morgan fingerprint density at radius 1 is 1.42 bits per heavy atom. The lowest BCUT2D eigenvalue weighted by Crippen LogP contribution is -2.18. The maximum absolute atomic E-state index is 11.4. The number of hydrogen-bond acceptors (Lipinski definition) is 5. The third-order valence-corrected chi connectivity index (χ3v) is 3.34. The zero-order chi connectivity index (χ0) is 13.1. The summed E-state index contributed by atoms with van der Waals surface area (Å²) in [6, 6.07) is 3.54. The molecule has 1 aliphatic carbocycles. The van der Waals surface area contributed by atoms with E-state index in [2.05, 4.69) is 20.6 Å². The molecule has 0 bridgehead atoms. The van der Waals surface area contributed by atoms with Crippen molar-refractivity contribution >= 4 is 11.5 Å². The molecule has 2 heterocycles. The molecular weight excluding hydrogens is 246 g/mol. The minimum atomic E-state index is -0.333. The van der Waals surface area contributed by atoms with Crippen LogP contribution in [0.25, 0.3) is 5.65 Å². The van der Waals surface area contributed by atoms with Crippen LogP contribution in [0.4, 0.5) is 5.82 Å². The summed E-state index contributed by atoms with van der Waals surface area (Å²) >= 11 is 0. The number of anilines is 1. The summed E-state index contributed by atoms with van der Waals surface area (Å²) in [5, 5.41) is 13.5. The van der Waals surface area contributed by atoms with E-state index in [-0.39, 0.29) is 5.69 Å². The van der Waals surface area contributed by atoms with Crippen LogP contribution < -0.4 is 11.0 Å². The highest BCUT2D eigenvalue weighted by Crippen LogP contribution is 2.20. The van der Waals surface area contributed by atoms with Crippen LogP contribution in [0.15, 0.2) is 16.9 Å². The monoisotopic (exact) mass is 263 g/mol. The number of aromatic amines is 1. The normalized spacial score (nSPS) is 16.2. The van der Waals surface area contributed by atoms with Gasteiger partial charge in [-0.1, -0.05) is 12.8 Å². The van der Waals surface area contributed by atoms with Crippen LogP contribution in [-0.4, -0.2) is 39.1 Å². The predicted molar refractivity (Wildman–Crippen MR) is 70.3 cm³/mol. The molecule has 2 N–H and O–H groups in total. The van der Waals surface area contributed by atoms with Gasteiger partial charge in [-0.05, 0) is 25.0 Å². The minimum Gasteiger partial charge on any atom is -0.376 e. The van der Waals surface area contributed by atoms with E-state index in [0.717, 1.165) is 0 Å². The number of fused-ring (bicyclic) bond motifs is 1. The molecule has 0 radical (unpaired) electrons. The van der Waals surface area contributed by atoms with Crippen LogP contribution in [-0.2, 0) is 4.74 Å². The average Bonchev–Trinajstić information content (AvgIpc) is 3.06. The van der Waals surface area contributed by atoms with E-state index < -0.39 is 0 Å². The molecule has 1 aliphatic rings. The Bertz CT molecular complexity index is 599. The number of nitrogens with one attached hydrogen (secondary N) is 2. The van der Waals surface area contributed by atoms with Gasteiger partial charge in [-0.15, -0.1) is 5.10 Å². The molecule has 1 fully saturated rings. The van der Waals surface area contributed by atoms with E-state index in [0.29, 0.717) is 30.7 Å². The van der Waals surface area contributed by atoms with Gasteiger partial charge in [0.1, 0.15) is 5.82 Å². The summed E-state index contributed by atoms with van der Waals surface area (Å²) < 4.78 is 6.98. The Kier molecular flexibility index (Phi) is 3.45. The van der Waals surface area contributed by atoms with Crippen molar-refractivity contribution in [2.75, 3.05) is 18.5 Å². The Balaban J connectivity index is 1.53. The van der Waals surface area contributed by atoms with Crippen LogP contribution >= 0.6 is 0 Å². The van der Waals surface area contributed by atoms with Gasteiger partial charge in [0.15, 0.2) is 5.65 Å². The average molecular weight is 263 g/mol. The number of hydrogen-bond donors (Lipinski definition) is 2. The van der Waals surface area contributed by atoms with E-state index in [1.165, 1.54) is 30.2 Å². The second-order valence-electron chi connectivity index (χ2n) is 4.72. The lowest BCUT2D eigenvalue weighted by atomic mass is 10.3. The molecule has 0 spiro atoms. The quantitative estimate of drug-likeness (QED) is 0.779. The van der Waals surface area contributed by atoms with Crippen LogP contribution in [0.1, 0.15) is 25.7 Å². The first-order valence-corrected chi connectivity index (χ1v) is 6.63. The van der Waals surface area contributed by atoms with Crippen molar-refractivity contribution in [1.82, 2.24) is 19.8 Å². The number of aromatic nitrogens is 4. The molecule has 0 atom stereocenters. The Labute approximate surface area is 110 Å². The second kappa shape index (κ2) is 5.40. The number of rotatable bonds is 5. The summed E-state index contributed by atoms with van der Waals surface area (Å²) in [5.41, 5.74) is 0.179. The van der Waals surface area contributed by atoms with Crippen molar-refractivity contribution in [3.8, 4) is 0 Å². The van der Waals surface area contributed by atoms with E-state index in [1.807, 2.05) is 0 Å². The molecule has 102 valence electrons. The molecule has 19 heavy (non-hydrogen) atoms. The lowest BCUT2D eigenvalue weighted by Gasteiger charge is -2.11. The van der Waals surface area contributed by atoms with Crippen molar-refractivity contribution in [2.24, 2.45) is 0 Å². The van der Waals surface area contributed by atoms with Gasteiger partial charge in [-0.3, -0.25) is 0 Å². The molecule has 7 nitrogen and oxygen atoms in total. The molecule has 0 saturated heterocycles. The van der Waals surface area contributed by atoms with Crippen molar-refractivity contribution < 1.29 is 4.74 Å². The Morgan fingerprint density at radius 3 is 3.11 bits per heavy atom. The van der Waals surface area contributed by atoms with Crippen molar-refractivity contribution in [3.05, 3.63) is 22.6 Å². The third-order valence-electron chi connectivity index (χ3n) is 3.34. The topological polar surface area (TPSA) is 84.3 Å². The maximum Gasteiger partial charge on any atom is 0.364 e. The molecule has 7 heteroatoms. The minimum absolute atomic E-state index is 0.333. The molecule has 0 aliphatic heterocycles. The smallest absolute Gasteiger partial charge is 0.364 e. The molecule has 0 amide bonds. The van der Waals surface area contributed by atoms with Gasteiger partial charge < -0.3 is 10.1 Å². The summed E-state index contributed by atoms with van der Waals surface area (Å²) in [4.78, 5) is 11.4. The maximum atomic E-state index is 11.4. The fourth-order valence-electron chi connectivity index (χ4n) is 2.36. The zero-order valence-corrected chi connectivity index (χ0v) is 10.6. The van der Waals surface area contributed by atoms with E-state index >= 15 is 0 Å². The van der Waals surface area contributed by atoms with E-state index in [1.54, 1.807) is 12.1 Å². The van der Waals surface area contributed by atoms with Crippen LogP contribution in [0, 0.1) is 0 Å². The molecule has 1 saturated carbocycles. The number of ether oxygens (including phenoxy) is 1. The first kappa shape index (κ1) is 12.2. The van der Waals surface area contributed by atoms with Gasteiger partial charge >= 0.3 is 5.69 Å². The highest BCUT2D eigenvalue weighted by Gasteiger charge is 2.14. The van der Waals surface area contributed by atoms with Gasteiger partial charge in [0, 0.05) is 6.54 Å². The number of H-pyrrole nitrogens is 1. The highest BCUT2D eigenvalue weighted by molar-refractivity contribution is 5.42. The SMILES string of the molecule is O=c1[nH]nc2ccc(NCCOC3CCCC3)nn12. The van der Waals surface area contributed by atoms with Gasteiger partial charge in [-0.2, -0.15) is 9.61 Å². The Hall–Kier alpha value is -1.89. The molecule has 2 aromatic heterocycles. The molecule has 3 rings (SSSR count). The predicted octanol–water partition coefficient (Wildman–Crippen LogP) is 0.789. The summed E-state index contributed by atoms with van der Waals surface area (Å²) in [5.74, 6) is 0.644.